The molecule has 0 aliphatic rings. The highest BCUT2D eigenvalue weighted by atomic mass is 14.9. The average molecular weight is 283 g/mol. The number of nitrogens with zero attached hydrogens (tertiary/aromatic N) is 2. The maximum Gasteiger partial charge on any atom is 0.0422 e. The molecule has 21 heavy (non-hydrogen) atoms. The van der Waals surface area contributed by atoms with Crippen LogP contribution in [0.2, 0.25) is 0 Å². The molecule has 0 aliphatic carbocycles. The summed E-state index contributed by atoms with van der Waals surface area (Å²) in [5.74, 6) is 0. The van der Waals surface area contributed by atoms with Gasteiger partial charge in [-0.05, 0) is 49.6 Å². The molecule has 2 heterocycles. The van der Waals surface area contributed by atoms with Crippen molar-refractivity contribution >= 4 is 0 Å². The Morgan fingerprint density at radius 1 is 1.05 bits per heavy atom. The van der Waals surface area contributed by atoms with Gasteiger partial charge in [-0.1, -0.05) is 26.0 Å². The molecule has 1 unspecified atom stereocenters. The van der Waals surface area contributed by atoms with E-state index in [2.05, 4.69) is 53.4 Å². The Balaban J connectivity index is 2.13. The highest BCUT2D eigenvalue weighted by molar-refractivity contribution is 5.21. The van der Waals surface area contributed by atoms with Crippen LogP contribution < -0.4 is 5.32 Å². The minimum atomic E-state index is 0.276. The smallest absolute Gasteiger partial charge is 0.0422 e. The topological polar surface area (TPSA) is 37.8 Å². The van der Waals surface area contributed by atoms with Gasteiger partial charge < -0.3 is 5.32 Å². The van der Waals surface area contributed by atoms with E-state index >= 15 is 0 Å². The van der Waals surface area contributed by atoms with E-state index in [0.717, 1.165) is 37.2 Å². The zero-order chi connectivity index (χ0) is 15.1. The SMILES string of the molecule is CCCNC(Cc1ccc(CC)cn1)c1ccc(C)nc1. The molecule has 0 radical (unpaired) electrons. The Bertz CT molecular complexity index is 531. The molecular formula is C18H25N3. The van der Waals surface area contributed by atoms with Crippen LogP contribution in [0.4, 0.5) is 0 Å². The average Bonchev–Trinajstić information content (AvgIpc) is 2.53. The van der Waals surface area contributed by atoms with Crippen molar-refractivity contribution in [3.63, 3.8) is 0 Å². The number of nitrogens with one attached hydrogen (secondary N) is 1. The molecule has 1 N–H and O–H groups in total. The summed E-state index contributed by atoms with van der Waals surface area (Å²) in [7, 11) is 0. The number of hydrogen-bond donors (Lipinski definition) is 1. The summed E-state index contributed by atoms with van der Waals surface area (Å²) in [6.07, 6.45) is 7.02. The predicted molar refractivity (Wildman–Crippen MR) is 87.3 cm³/mol. The normalized spacial score (nSPS) is 12.3. The first-order chi connectivity index (χ1) is 10.2. The molecule has 0 aromatic carbocycles. The summed E-state index contributed by atoms with van der Waals surface area (Å²) in [5.41, 5.74) is 4.70. The summed E-state index contributed by atoms with van der Waals surface area (Å²) < 4.78 is 0. The van der Waals surface area contributed by atoms with E-state index in [1.54, 1.807) is 0 Å². The molecular weight excluding hydrogens is 258 g/mol. The van der Waals surface area contributed by atoms with Gasteiger partial charge in [-0.2, -0.15) is 0 Å². The van der Waals surface area contributed by atoms with Crippen LogP contribution in [0.3, 0.4) is 0 Å². The lowest BCUT2D eigenvalue weighted by Crippen LogP contribution is -2.24. The zero-order valence-corrected chi connectivity index (χ0v) is 13.3. The second-order valence-corrected chi connectivity index (χ2v) is 5.46. The van der Waals surface area contributed by atoms with Crippen LogP contribution in [-0.2, 0) is 12.8 Å². The standard InChI is InChI=1S/C18H25N3/c1-4-10-19-18(16-8-6-14(3)20-13-16)11-17-9-7-15(5-2)12-21-17/h6-9,12-13,18-19H,4-5,10-11H2,1-3H3. The van der Waals surface area contributed by atoms with E-state index in [0.29, 0.717) is 0 Å². The van der Waals surface area contributed by atoms with E-state index in [9.17, 15) is 0 Å². The fourth-order valence-corrected chi connectivity index (χ4v) is 2.31. The number of pyridine rings is 2. The van der Waals surface area contributed by atoms with Crippen molar-refractivity contribution < 1.29 is 0 Å². The first-order valence-corrected chi connectivity index (χ1v) is 7.82. The Morgan fingerprint density at radius 3 is 2.48 bits per heavy atom. The molecule has 0 bridgehead atoms. The van der Waals surface area contributed by atoms with Gasteiger partial charge >= 0.3 is 0 Å². The van der Waals surface area contributed by atoms with Gasteiger partial charge in [0, 0.05) is 36.2 Å². The van der Waals surface area contributed by atoms with Crippen molar-refractivity contribution in [1.29, 1.82) is 0 Å². The van der Waals surface area contributed by atoms with Gasteiger partial charge in [-0.25, -0.2) is 0 Å². The van der Waals surface area contributed by atoms with Crippen molar-refractivity contribution in [1.82, 2.24) is 15.3 Å². The predicted octanol–water partition coefficient (Wildman–Crippen LogP) is 3.63. The Morgan fingerprint density at radius 2 is 1.90 bits per heavy atom. The zero-order valence-electron chi connectivity index (χ0n) is 13.3. The molecule has 1 atom stereocenters. The van der Waals surface area contributed by atoms with E-state index in [1.165, 1.54) is 11.1 Å². The van der Waals surface area contributed by atoms with Gasteiger partial charge in [0.2, 0.25) is 0 Å². The number of rotatable bonds is 7. The third kappa shape index (κ3) is 4.64. The van der Waals surface area contributed by atoms with Crippen molar-refractivity contribution in [3.05, 3.63) is 59.2 Å². The van der Waals surface area contributed by atoms with Crippen LogP contribution in [0.5, 0.6) is 0 Å². The Labute approximate surface area is 127 Å². The lowest BCUT2D eigenvalue weighted by molar-refractivity contribution is 0.523. The van der Waals surface area contributed by atoms with Crippen molar-refractivity contribution in [2.45, 2.75) is 46.1 Å². The maximum absolute atomic E-state index is 4.58. The fourth-order valence-electron chi connectivity index (χ4n) is 2.31. The van der Waals surface area contributed by atoms with E-state index in [-0.39, 0.29) is 6.04 Å². The third-order valence-electron chi connectivity index (χ3n) is 3.68. The summed E-state index contributed by atoms with van der Waals surface area (Å²) in [6, 6.07) is 8.82. The molecule has 0 aliphatic heterocycles. The van der Waals surface area contributed by atoms with Crippen LogP contribution in [0, 0.1) is 6.92 Å². The molecule has 2 aromatic rings. The van der Waals surface area contributed by atoms with E-state index in [4.69, 9.17) is 0 Å². The highest BCUT2D eigenvalue weighted by Gasteiger charge is 2.12. The van der Waals surface area contributed by atoms with Gasteiger partial charge in [0.15, 0.2) is 0 Å². The molecule has 112 valence electrons. The monoisotopic (exact) mass is 283 g/mol. The van der Waals surface area contributed by atoms with Gasteiger partial charge in [0.05, 0.1) is 0 Å². The molecule has 3 nitrogen and oxygen atoms in total. The van der Waals surface area contributed by atoms with E-state index < -0.39 is 0 Å². The summed E-state index contributed by atoms with van der Waals surface area (Å²) in [6.45, 7) is 7.36. The van der Waals surface area contributed by atoms with Crippen LogP contribution >= 0.6 is 0 Å². The highest BCUT2D eigenvalue weighted by Crippen LogP contribution is 2.17. The summed E-state index contributed by atoms with van der Waals surface area (Å²) >= 11 is 0. The van der Waals surface area contributed by atoms with Crippen molar-refractivity contribution in [2.24, 2.45) is 0 Å². The lowest BCUT2D eigenvalue weighted by Gasteiger charge is -2.18. The summed E-state index contributed by atoms with van der Waals surface area (Å²) in [4.78, 5) is 9.00. The van der Waals surface area contributed by atoms with Crippen LogP contribution in [0.1, 0.15) is 48.8 Å². The molecule has 0 fully saturated rings. The Hall–Kier alpha value is -1.74. The van der Waals surface area contributed by atoms with Gasteiger partial charge in [-0.15, -0.1) is 0 Å². The molecule has 2 aromatic heterocycles. The number of aryl methyl sites for hydroxylation is 2. The van der Waals surface area contributed by atoms with Gasteiger partial charge in [0.1, 0.15) is 0 Å². The minimum Gasteiger partial charge on any atom is -0.310 e. The first kappa shape index (κ1) is 15.6. The molecule has 2 rings (SSSR count). The van der Waals surface area contributed by atoms with Crippen molar-refractivity contribution in [2.75, 3.05) is 6.54 Å². The third-order valence-corrected chi connectivity index (χ3v) is 3.68. The number of aromatic nitrogens is 2. The fraction of sp³-hybridized carbons (Fsp3) is 0.444. The largest absolute Gasteiger partial charge is 0.310 e. The van der Waals surface area contributed by atoms with Crippen LogP contribution in [0.25, 0.3) is 0 Å². The first-order valence-electron chi connectivity index (χ1n) is 7.82. The molecule has 0 amide bonds. The van der Waals surface area contributed by atoms with Gasteiger partial charge in [-0.3, -0.25) is 9.97 Å². The minimum absolute atomic E-state index is 0.276. The lowest BCUT2D eigenvalue weighted by atomic mass is 10.0. The Kier molecular flexibility index (Phi) is 5.88. The quantitative estimate of drug-likeness (QED) is 0.843. The van der Waals surface area contributed by atoms with Crippen LogP contribution in [-0.4, -0.2) is 16.5 Å². The van der Waals surface area contributed by atoms with Gasteiger partial charge in [0.25, 0.3) is 0 Å². The molecule has 0 saturated carbocycles. The molecule has 3 heteroatoms. The second kappa shape index (κ2) is 7.89. The molecule has 0 saturated heterocycles. The summed E-state index contributed by atoms with van der Waals surface area (Å²) in [5, 5.41) is 3.60. The maximum atomic E-state index is 4.58. The van der Waals surface area contributed by atoms with Crippen LogP contribution in [0.15, 0.2) is 36.7 Å². The molecule has 0 spiro atoms. The van der Waals surface area contributed by atoms with Crippen molar-refractivity contribution in [3.8, 4) is 0 Å². The second-order valence-electron chi connectivity index (χ2n) is 5.46. The van der Waals surface area contributed by atoms with E-state index in [1.807, 2.05) is 19.3 Å². The number of hydrogen-bond acceptors (Lipinski definition) is 3.